The monoisotopic (exact) mass is 261 g/mol. The maximum Gasteiger partial charge on any atom is 0.127 e. The zero-order chi connectivity index (χ0) is 14.0. The second-order valence-corrected chi connectivity index (χ2v) is 6.04. The van der Waals surface area contributed by atoms with Crippen LogP contribution in [0.25, 0.3) is 0 Å². The van der Waals surface area contributed by atoms with Gasteiger partial charge < -0.3 is 10.1 Å². The highest BCUT2D eigenvalue weighted by Gasteiger charge is 2.29. The molecule has 19 heavy (non-hydrogen) atoms. The summed E-state index contributed by atoms with van der Waals surface area (Å²) in [5.74, 6) is 1.66. The summed E-state index contributed by atoms with van der Waals surface area (Å²) in [6, 6.07) is 4.91. The van der Waals surface area contributed by atoms with E-state index in [4.69, 9.17) is 4.74 Å². The fraction of sp³-hybridized carbons (Fsp3) is 0.647. The number of hydrogen-bond donors (Lipinski definition) is 1. The summed E-state index contributed by atoms with van der Waals surface area (Å²) in [5.41, 5.74) is 4.09. The van der Waals surface area contributed by atoms with Crippen LogP contribution in [0.3, 0.4) is 0 Å². The molecule has 0 saturated carbocycles. The molecule has 1 heterocycles. The third-order valence-corrected chi connectivity index (χ3v) is 3.92. The Morgan fingerprint density at radius 2 is 2.11 bits per heavy atom. The Balaban J connectivity index is 2.46. The van der Waals surface area contributed by atoms with Crippen LogP contribution in [0, 0.1) is 6.92 Å². The van der Waals surface area contributed by atoms with E-state index in [0.29, 0.717) is 18.1 Å². The van der Waals surface area contributed by atoms with Crippen LogP contribution in [0.1, 0.15) is 69.2 Å². The number of rotatable bonds is 4. The molecule has 1 aromatic rings. The Morgan fingerprint density at radius 1 is 1.37 bits per heavy atom. The van der Waals surface area contributed by atoms with Gasteiger partial charge in [0.25, 0.3) is 0 Å². The normalized spacial score (nSPS) is 22.2. The van der Waals surface area contributed by atoms with Crippen molar-refractivity contribution in [1.29, 1.82) is 0 Å². The van der Waals surface area contributed by atoms with Crippen molar-refractivity contribution >= 4 is 0 Å². The largest absolute Gasteiger partial charge is 0.490 e. The number of nitrogens with one attached hydrogen (secondary N) is 1. The van der Waals surface area contributed by atoms with Gasteiger partial charge in [-0.05, 0) is 43.9 Å². The van der Waals surface area contributed by atoms with Crippen LogP contribution in [-0.4, -0.2) is 12.6 Å². The summed E-state index contributed by atoms with van der Waals surface area (Å²) >= 11 is 0. The minimum absolute atomic E-state index is 0.294. The predicted octanol–water partition coefficient (Wildman–Crippen LogP) is 4.33. The highest BCUT2D eigenvalue weighted by molar-refractivity contribution is 5.50. The lowest BCUT2D eigenvalue weighted by molar-refractivity contribution is 0.164. The van der Waals surface area contributed by atoms with E-state index in [-0.39, 0.29) is 0 Å². The molecular formula is C17H27NO. The summed E-state index contributed by atoms with van der Waals surface area (Å²) in [4.78, 5) is 0. The fourth-order valence-electron chi connectivity index (χ4n) is 2.95. The molecule has 0 radical (unpaired) electrons. The third kappa shape index (κ3) is 2.94. The van der Waals surface area contributed by atoms with Crippen LogP contribution in [0.4, 0.5) is 0 Å². The molecule has 0 aliphatic carbocycles. The van der Waals surface area contributed by atoms with Gasteiger partial charge in [-0.25, -0.2) is 0 Å². The molecule has 1 N–H and O–H groups in total. The molecule has 1 aromatic carbocycles. The lowest BCUT2D eigenvalue weighted by atomic mass is 9.86. The van der Waals surface area contributed by atoms with Gasteiger partial charge >= 0.3 is 0 Å². The number of fused-ring (bicyclic) bond motifs is 1. The molecule has 1 aliphatic heterocycles. The van der Waals surface area contributed by atoms with E-state index < -0.39 is 0 Å². The Hall–Kier alpha value is -1.02. The maximum absolute atomic E-state index is 6.12. The zero-order valence-corrected chi connectivity index (χ0v) is 12.9. The molecular weight excluding hydrogens is 234 g/mol. The van der Waals surface area contributed by atoms with E-state index in [1.807, 2.05) is 0 Å². The lowest BCUT2D eigenvalue weighted by Gasteiger charge is -2.34. The summed E-state index contributed by atoms with van der Waals surface area (Å²) in [7, 11) is 0. The first-order chi connectivity index (χ1) is 9.04. The highest BCUT2D eigenvalue weighted by atomic mass is 16.5. The Bertz CT molecular complexity index is 439. The van der Waals surface area contributed by atoms with Crippen LogP contribution < -0.4 is 10.1 Å². The summed E-state index contributed by atoms with van der Waals surface area (Å²) in [6.07, 6.45) is 2.53. The lowest BCUT2D eigenvalue weighted by Crippen LogP contribution is -2.33. The van der Waals surface area contributed by atoms with E-state index >= 15 is 0 Å². The van der Waals surface area contributed by atoms with Crippen molar-refractivity contribution in [3.63, 3.8) is 0 Å². The van der Waals surface area contributed by atoms with Gasteiger partial charge in [0.1, 0.15) is 5.75 Å². The van der Waals surface area contributed by atoms with E-state index in [0.717, 1.165) is 18.7 Å². The minimum atomic E-state index is 0.294. The quantitative estimate of drug-likeness (QED) is 0.871. The average Bonchev–Trinajstić information content (AvgIpc) is 2.36. The first kappa shape index (κ1) is 14.4. The molecule has 0 spiro atoms. The van der Waals surface area contributed by atoms with Crippen molar-refractivity contribution in [2.24, 2.45) is 0 Å². The van der Waals surface area contributed by atoms with Crippen LogP contribution in [0.5, 0.6) is 5.75 Å². The summed E-state index contributed by atoms with van der Waals surface area (Å²) < 4.78 is 6.12. The minimum Gasteiger partial charge on any atom is -0.490 e. The van der Waals surface area contributed by atoms with E-state index in [9.17, 15) is 0 Å². The van der Waals surface area contributed by atoms with Crippen LogP contribution in [0.2, 0.25) is 0 Å². The van der Waals surface area contributed by atoms with Crippen LogP contribution in [0.15, 0.2) is 12.1 Å². The standard InChI is InChI=1S/C17H27NO/c1-6-9-18-15-10-13(5)19-17-12(4)7-8-14(11(2)3)16(15)17/h7-8,11,13,15,18H,6,9-10H2,1-5H3. The molecule has 0 amide bonds. The van der Waals surface area contributed by atoms with Crippen molar-refractivity contribution in [2.75, 3.05) is 6.54 Å². The molecule has 0 bridgehead atoms. The molecule has 2 rings (SSSR count). The van der Waals surface area contributed by atoms with Gasteiger partial charge in [-0.1, -0.05) is 32.9 Å². The van der Waals surface area contributed by atoms with Gasteiger partial charge in [0.05, 0.1) is 6.10 Å². The molecule has 0 fully saturated rings. The second kappa shape index (κ2) is 5.96. The molecule has 2 atom stereocenters. The SMILES string of the molecule is CCCNC1CC(C)Oc2c(C)ccc(C(C)C)c21. The molecule has 1 aliphatic rings. The highest BCUT2D eigenvalue weighted by Crippen LogP contribution is 2.41. The van der Waals surface area contributed by atoms with Crippen molar-refractivity contribution in [2.45, 2.75) is 65.5 Å². The molecule has 0 aromatic heterocycles. The fourth-order valence-corrected chi connectivity index (χ4v) is 2.95. The molecule has 2 nitrogen and oxygen atoms in total. The van der Waals surface area contributed by atoms with Gasteiger partial charge in [0.15, 0.2) is 0 Å². The Labute approximate surface area is 117 Å². The van der Waals surface area contributed by atoms with Crippen molar-refractivity contribution < 1.29 is 4.74 Å². The maximum atomic E-state index is 6.12. The van der Waals surface area contributed by atoms with Gasteiger partial charge in [-0.2, -0.15) is 0 Å². The molecule has 2 heteroatoms. The van der Waals surface area contributed by atoms with Crippen LogP contribution in [-0.2, 0) is 0 Å². The summed E-state index contributed by atoms with van der Waals surface area (Å²) in [5, 5.41) is 3.70. The smallest absolute Gasteiger partial charge is 0.127 e. The van der Waals surface area contributed by atoms with Crippen molar-refractivity contribution in [1.82, 2.24) is 5.32 Å². The Morgan fingerprint density at radius 3 is 2.74 bits per heavy atom. The first-order valence-electron chi connectivity index (χ1n) is 7.58. The average molecular weight is 261 g/mol. The molecule has 2 unspecified atom stereocenters. The first-order valence-corrected chi connectivity index (χ1v) is 7.58. The van der Waals surface area contributed by atoms with Crippen molar-refractivity contribution in [3.8, 4) is 5.75 Å². The van der Waals surface area contributed by atoms with Gasteiger partial charge in [-0.3, -0.25) is 0 Å². The molecule has 106 valence electrons. The molecule has 0 saturated heterocycles. The van der Waals surface area contributed by atoms with Crippen molar-refractivity contribution in [3.05, 3.63) is 28.8 Å². The zero-order valence-electron chi connectivity index (χ0n) is 12.9. The van der Waals surface area contributed by atoms with E-state index in [2.05, 4.69) is 52.1 Å². The third-order valence-electron chi connectivity index (χ3n) is 3.92. The van der Waals surface area contributed by atoms with Crippen LogP contribution >= 0.6 is 0 Å². The number of aryl methyl sites for hydroxylation is 1. The predicted molar refractivity (Wildman–Crippen MR) is 81.0 cm³/mol. The number of hydrogen-bond acceptors (Lipinski definition) is 2. The van der Waals surface area contributed by atoms with Gasteiger partial charge in [0, 0.05) is 18.0 Å². The van der Waals surface area contributed by atoms with E-state index in [1.54, 1.807) is 0 Å². The number of benzene rings is 1. The number of ether oxygens (including phenoxy) is 1. The summed E-state index contributed by atoms with van der Waals surface area (Å²) in [6.45, 7) is 12.1. The van der Waals surface area contributed by atoms with Gasteiger partial charge in [0.2, 0.25) is 0 Å². The topological polar surface area (TPSA) is 21.3 Å². The second-order valence-electron chi connectivity index (χ2n) is 6.04. The van der Waals surface area contributed by atoms with Gasteiger partial charge in [-0.15, -0.1) is 0 Å². The Kier molecular flexibility index (Phi) is 4.51. The van der Waals surface area contributed by atoms with E-state index in [1.165, 1.54) is 23.1 Å².